The van der Waals surface area contributed by atoms with E-state index in [4.69, 9.17) is 0 Å². The maximum Gasteiger partial charge on any atom is 0.146 e. The first-order valence-corrected chi connectivity index (χ1v) is 8.26. The fraction of sp³-hybridized carbons (Fsp3) is 0.625. The molecule has 0 radical (unpaired) electrons. The van der Waals surface area contributed by atoms with Gasteiger partial charge in [0.25, 0.3) is 0 Å². The molecule has 0 heterocycles. The molecule has 0 fully saturated rings. The molecule has 19 heavy (non-hydrogen) atoms. The van der Waals surface area contributed by atoms with Gasteiger partial charge >= 0.3 is 0 Å². The number of hydrogen-bond acceptors (Lipinski definition) is 1. The summed E-state index contributed by atoms with van der Waals surface area (Å²) in [5, 5.41) is 0.694. The predicted octanol–water partition coefficient (Wildman–Crippen LogP) is 5.37. The fourth-order valence-corrected chi connectivity index (χ4v) is 2.78. The van der Waals surface area contributed by atoms with Gasteiger partial charge in [-0.25, -0.2) is 4.39 Å². The molecule has 0 aliphatic heterocycles. The van der Waals surface area contributed by atoms with Crippen LogP contribution in [0.3, 0.4) is 0 Å². The third-order valence-corrected chi connectivity index (χ3v) is 4.07. The lowest BCUT2D eigenvalue weighted by molar-refractivity contribution is 0.496. The van der Waals surface area contributed by atoms with Gasteiger partial charge in [-0.15, -0.1) is 0 Å². The number of hydrogen-bond donors (Lipinski definition) is 0. The topological polar surface area (TPSA) is 3.24 Å². The molecule has 0 saturated heterocycles. The lowest BCUT2D eigenvalue weighted by Gasteiger charge is -2.34. The molecular formula is C16H25BrFN. The first-order chi connectivity index (χ1) is 9.03. The third-order valence-electron chi connectivity index (χ3n) is 3.42. The normalized spacial score (nSPS) is 11.4. The number of benzene rings is 1. The third kappa shape index (κ3) is 4.48. The van der Waals surface area contributed by atoms with Gasteiger partial charge in [0.2, 0.25) is 0 Å². The summed E-state index contributed by atoms with van der Waals surface area (Å²) >= 11 is 3.37. The van der Waals surface area contributed by atoms with Crippen molar-refractivity contribution < 1.29 is 4.39 Å². The summed E-state index contributed by atoms with van der Waals surface area (Å²) in [7, 11) is 0. The van der Waals surface area contributed by atoms with E-state index in [-0.39, 0.29) is 5.82 Å². The number of alkyl halides is 1. The summed E-state index contributed by atoms with van der Waals surface area (Å²) in [6, 6.07) is 5.97. The Morgan fingerprint density at radius 3 is 2.26 bits per heavy atom. The van der Waals surface area contributed by atoms with Crippen molar-refractivity contribution in [1.82, 2.24) is 0 Å². The van der Waals surface area contributed by atoms with Gasteiger partial charge in [-0.1, -0.05) is 49.7 Å². The minimum absolute atomic E-state index is 0.107. The highest BCUT2D eigenvalue weighted by Crippen LogP contribution is 2.26. The van der Waals surface area contributed by atoms with Crippen molar-refractivity contribution in [3.8, 4) is 0 Å². The van der Waals surface area contributed by atoms with Gasteiger partial charge in [-0.2, -0.15) is 0 Å². The minimum atomic E-state index is -0.107. The molecule has 0 bridgehead atoms. The van der Waals surface area contributed by atoms with Crippen LogP contribution in [0.5, 0.6) is 0 Å². The van der Waals surface area contributed by atoms with Crippen molar-refractivity contribution >= 4 is 21.6 Å². The largest absolute Gasteiger partial charge is 0.366 e. The Labute approximate surface area is 125 Å². The van der Waals surface area contributed by atoms with E-state index < -0.39 is 0 Å². The highest BCUT2D eigenvalue weighted by molar-refractivity contribution is 9.08. The summed E-state index contributed by atoms with van der Waals surface area (Å²) in [6.45, 7) is 9.61. The van der Waals surface area contributed by atoms with Crippen LogP contribution in [-0.4, -0.2) is 12.6 Å². The van der Waals surface area contributed by atoms with Crippen LogP contribution in [0.15, 0.2) is 18.2 Å². The Hall–Kier alpha value is -0.570. The molecule has 0 amide bonds. The number of anilines is 1. The molecule has 1 rings (SSSR count). The zero-order chi connectivity index (χ0) is 14.4. The second-order valence-corrected chi connectivity index (χ2v) is 6.00. The van der Waals surface area contributed by atoms with E-state index in [0.717, 1.165) is 30.6 Å². The van der Waals surface area contributed by atoms with E-state index in [1.165, 1.54) is 0 Å². The maximum atomic E-state index is 14.3. The minimum Gasteiger partial charge on any atom is -0.366 e. The zero-order valence-corrected chi connectivity index (χ0v) is 14.0. The van der Waals surface area contributed by atoms with Gasteiger partial charge in [0.1, 0.15) is 5.82 Å². The van der Waals surface area contributed by atoms with Gasteiger partial charge < -0.3 is 4.90 Å². The first kappa shape index (κ1) is 16.5. The Morgan fingerprint density at radius 2 is 1.84 bits per heavy atom. The second-order valence-electron chi connectivity index (χ2n) is 5.44. The lowest BCUT2D eigenvalue weighted by atomic mass is 10.1. The molecule has 0 unspecified atom stereocenters. The Morgan fingerprint density at radius 1 is 1.21 bits per heavy atom. The molecule has 1 aromatic rings. The van der Waals surface area contributed by atoms with Crippen LogP contribution in [0, 0.1) is 11.7 Å². The van der Waals surface area contributed by atoms with E-state index in [2.05, 4.69) is 48.5 Å². The Kier molecular flexibility index (Phi) is 6.84. The quantitative estimate of drug-likeness (QED) is 0.607. The predicted molar refractivity (Wildman–Crippen MR) is 85.6 cm³/mol. The lowest BCUT2D eigenvalue weighted by Crippen LogP contribution is -2.38. The molecule has 1 aromatic carbocycles. The molecule has 3 heteroatoms. The van der Waals surface area contributed by atoms with Crippen molar-refractivity contribution in [2.24, 2.45) is 5.92 Å². The molecule has 108 valence electrons. The van der Waals surface area contributed by atoms with Crippen LogP contribution < -0.4 is 4.90 Å². The van der Waals surface area contributed by atoms with Crippen LogP contribution in [-0.2, 0) is 5.33 Å². The van der Waals surface area contributed by atoms with E-state index in [9.17, 15) is 4.39 Å². The van der Waals surface area contributed by atoms with E-state index in [1.807, 2.05) is 12.1 Å². The summed E-state index contributed by atoms with van der Waals surface area (Å²) in [5.74, 6) is 0.417. The first-order valence-electron chi connectivity index (χ1n) is 7.14. The molecule has 0 N–H and O–H groups in total. The van der Waals surface area contributed by atoms with Crippen molar-refractivity contribution in [2.45, 2.75) is 51.9 Å². The van der Waals surface area contributed by atoms with Crippen LogP contribution >= 0.6 is 15.9 Å². The second kappa shape index (κ2) is 7.88. The van der Waals surface area contributed by atoms with Gasteiger partial charge in [0, 0.05) is 17.9 Å². The molecule has 1 nitrogen and oxygen atoms in total. The average Bonchev–Trinajstić information content (AvgIpc) is 2.38. The summed E-state index contributed by atoms with van der Waals surface area (Å²) in [5.41, 5.74) is 1.72. The van der Waals surface area contributed by atoms with E-state index in [0.29, 0.717) is 17.3 Å². The summed E-state index contributed by atoms with van der Waals surface area (Å²) in [6.07, 6.45) is 2.09. The van der Waals surface area contributed by atoms with Crippen LogP contribution in [0.25, 0.3) is 0 Å². The fourth-order valence-electron chi connectivity index (χ4n) is 2.43. The van der Waals surface area contributed by atoms with Crippen LogP contribution in [0.1, 0.15) is 46.1 Å². The maximum absolute atomic E-state index is 14.3. The summed E-state index contributed by atoms with van der Waals surface area (Å²) < 4.78 is 14.3. The summed E-state index contributed by atoms with van der Waals surface area (Å²) in [4.78, 5) is 2.23. The van der Waals surface area contributed by atoms with Crippen LogP contribution in [0.4, 0.5) is 10.1 Å². The zero-order valence-electron chi connectivity index (χ0n) is 12.4. The van der Waals surface area contributed by atoms with Crippen molar-refractivity contribution in [2.75, 3.05) is 11.4 Å². The smallest absolute Gasteiger partial charge is 0.146 e. The molecule has 0 aliphatic carbocycles. The number of halogens is 2. The van der Waals surface area contributed by atoms with Gasteiger partial charge in [-0.05, 0) is 36.5 Å². The average molecular weight is 330 g/mol. The Balaban J connectivity index is 3.09. The monoisotopic (exact) mass is 329 g/mol. The van der Waals surface area contributed by atoms with Crippen molar-refractivity contribution in [1.29, 1.82) is 0 Å². The molecule has 0 spiro atoms. The highest BCUT2D eigenvalue weighted by Gasteiger charge is 2.20. The van der Waals surface area contributed by atoms with Crippen LogP contribution in [0.2, 0.25) is 0 Å². The van der Waals surface area contributed by atoms with Gasteiger partial charge in [0.15, 0.2) is 0 Å². The molecule has 0 aromatic heterocycles. The molecule has 0 atom stereocenters. The van der Waals surface area contributed by atoms with Crippen molar-refractivity contribution in [3.05, 3.63) is 29.6 Å². The standard InChI is InChI=1S/C16H25BrFN/c1-5-14(6-2)19(11-12(3)4)16-8-7-13(10-17)9-15(16)18/h7-9,12,14H,5-6,10-11H2,1-4H3. The van der Waals surface area contributed by atoms with E-state index >= 15 is 0 Å². The number of nitrogens with zero attached hydrogens (tertiary/aromatic N) is 1. The Bertz CT molecular complexity index is 388. The van der Waals surface area contributed by atoms with Crippen molar-refractivity contribution in [3.63, 3.8) is 0 Å². The van der Waals surface area contributed by atoms with Gasteiger partial charge in [-0.3, -0.25) is 0 Å². The van der Waals surface area contributed by atoms with Gasteiger partial charge in [0.05, 0.1) is 5.69 Å². The molecule has 0 saturated carbocycles. The highest BCUT2D eigenvalue weighted by atomic mass is 79.9. The number of rotatable bonds is 7. The molecular weight excluding hydrogens is 305 g/mol. The SMILES string of the molecule is CCC(CC)N(CC(C)C)c1ccc(CBr)cc1F. The van der Waals surface area contributed by atoms with E-state index in [1.54, 1.807) is 6.07 Å². The molecule has 0 aliphatic rings.